The molecule has 86 valence electrons. The molecule has 0 atom stereocenters. The van der Waals surface area contributed by atoms with Gasteiger partial charge >= 0.3 is 0 Å². The van der Waals surface area contributed by atoms with Crippen molar-refractivity contribution in [3.63, 3.8) is 0 Å². The highest BCUT2D eigenvalue weighted by molar-refractivity contribution is 6.03. The Labute approximate surface area is 98.9 Å². The molecule has 1 aromatic heterocycles. The van der Waals surface area contributed by atoms with Gasteiger partial charge in [-0.05, 0) is 31.2 Å². The van der Waals surface area contributed by atoms with Crippen LogP contribution in [0.5, 0.6) is 5.75 Å². The first-order valence-electron chi connectivity index (χ1n) is 5.18. The van der Waals surface area contributed by atoms with E-state index in [2.05, 4.69) is 10.3 Å². The van der Waals surface area contributed by atoms with Crippen molar-refractivity contribution in [1.29, 1.82) is 0 Å². The van der Waals surface area contributed by atoms with Crippen molar-refractivity contribution in [2.24, 2.45) is 0 Å². The second-order valence-corrected chi connectivity index (χ2v) is 3.72. The van der Waals surface area contributed by atoms with E-state index in [4.69, 9.17) is 5.11 Å². The molecule has 1 amide bonds. The van der Waals surface area contributed by atoms with E-state index in [9.17, 15) is 4.79 Å². The Bertz CT molecular complexity index is 518. The van der Waals surface area contributed by atoms with Crippen LogP contribution < -0.4 is 5.32 Å². The zero-order valence-corrected chi connectivity index (χ0v) is 9.34. The van der Waals surface area contributed by atoms with Crippen LogP contribution in [0.2, 0.25) is 0 Å². The smallest absolute Gasteiger partial charge is 0.256 e. The molecule has 0 bridgehead atoms. The number of nitrogens with zero attached hydrogens (tertiary/aromatic N) is 1. The molecule has 2 N–H and O–H groups in total. The summed E-state index contributed by atoms with van der Waals surface area (Å²) >= 11 is 0. The van der Waals surface area contributed by atoms with Gasteiger partial charge in [-0.25, -0.2) is 4.98 Å². The van der Waals surface area contributed by atoms with Crippen LogP contribution in [0.4, 0.5) is 5.82 Å². The minimum atomic E-state index is -0.219. The van der Waals surface area contributed by atoms with Crippen molar-refractivity contribution < 1.29 is 9.90 Å². The maximum atomic E-state index is 11.8. The molecule has 4 heteroatoms. The fraction of sp³-hybridized carbons (Fsp3) is 0.0769. The molecule has 2 rings (SSSR count). The van der Waals surface area contributed by atoms with Crippen LogP contribution in [0.25, 0.3) is 0 Å². The predicted octanol–water partition coefficient (Wildman–Crippen LogP) is 2.35. The van der Waals surface area contributed by atoms with Crippen LogP contribution in [-0.4, -0.2) is 16.0 Å². The van der Waals surface area contributed by atoms with Crippen LogP contribution in [0.15, 0.2) is 42.6 Å². The van der Waals surface area contributed by atoms with Gasteiger partial charge < -0.3 is 10.4 Å². The lowest BCUT2D eigenvalue weighted by molar-refractivity contribution is 0.102. The van der Waals surface area contributed by atoms with Crippen molar-refractivity contribution in [3.05, 3.63) is 53.7 Å². The summed E-state index contributed by atoms with van der Waals surface area (Å²) in [6.07, 6.45) is 1.28. The molecule has 0 aliphatic heterocycles. The van der Waals surface area contributed by atoms with Crippen molar-refractivity contribution in [2.75, 3.05) is 5.32 Å². The molecular formula is C13H12N2O2. The molecule has 4 nitrogen and oxygen atoms in total. The molecule has 0 unspecified atom stereocenters. The summed E-state index contributed by atoms with van der Waals surface area (Å²) in [5, 5.41) is 11.7. The number of hydrogen-bond acceptors (Lipinski definition) is 3. The summed E-state index contributed by atoms with van der Waals surface area (Å²) in [5.74, 6) is 0.259. The van der Waals surface area contributed by atoms with Crippen molar-refractivity contribution in [1.82, 2.24) is 4.98 Å². The van der Waals surface area contributed by atoms with E-state index in [1.807, 2.05) is 19.1 Å². The highest BCUT2D eigenvalue weighted by atomic mass is 16.3. The molecule has 0 radical (unpaired) electrons. The fourth-order valence-electron chi connectivity index (χ4n) is 1.35. The third kappa shape index (κ3) is 2.81. The Balaban J connectivity index is 2.11. The molecule has 0 spiro atoms. The topological polar surface area (TPSA) is 62.2 Å². The maximum absolute atomic E-state index is 11.8. The number of aromatic hydroxyl groups is 1. The summed E-state index contributed by atoms with van der Waals surface area (Å²) in [5.41, 5.74) is 1.68. The largest absolute Gasteiger partial charge is 0.506 e. The molecule has 1 heterocycles. The number of amides is 1. The maximum Gasteiger partial charge on any atom is 0.256 e. The van der Waals surface area contributed by atoms with Gasteiger partial charge in [0.1, 0.15) is 11.6 Å². The minimum Gasteiger partial charge on any atom is -0.506 e. The van der Waals surface area contributed by atoms with Gasteiger partial charge in [-0.3, -0.25) is 4.79 Å². The molecule has 17 heavy (non-hydrogen) atoms. The number of hydrogen-bond donors (Lipinski definition) is 2. The Kier molecular flexibility index (Phi) is 3.05. The molecule has 2 aromatic rings. The number of pyridine rings is 1. The lowest BCUT2D eigenvalue weighted by Crippen LogP contribution is -2.12. The third-order valence-electron chi connectivity index (χ3n) is 2.30. The van der Waals surface area contributed by atoms with E-state index in [0.29, 0.717) is 11.4 Å². The number of carbonyl (C=O) groups is 1. The lowest BCUT2D eigenvalue weighted by atomic mass is 10.1. The summed E-state index contributed by atoms with van der Waals surface area (Å²) in [7, 11) is 0. The first kappa shape index (κ1) is 11.1. The molecule has 0 saturated heterocycles. The van der Waals surface area contributed by atoms with Crippen LogP contribution in [0.3, 0.4) is 0 Å². The molecular weight excluding hydrogens is 216 g/mol. The van der Waals surface area contributed by atoms with Crippen molar-refractivity contribution in [3.8, 4) is 5.75 Å². The van der Waals surface area contributed by atoms with Gasteiger partial charge in [0.05, 0.1) is 6.20 Å². The van der Waals surface area contributed by atoms with Crippen molar-refractivity contribution >= 4 is 11.7 Å². The average molecular weight is 228 g/mol. The normalized spacial score (nSPS) is 9.94. The van der Waals surface area contributed by atoms with Crippen LogP contribution in [0.1, 0.15) is 15.9 Å². The number of benzene rings is 1. The standard InChI is InChI=1S/C13H12N2O2/c1-9-2-4-10(5-3-9)13(17)15-12-7-6-11(16)8-14-12/h2-8,16H,1H3,(H,14,15,17). The van der Waals surface area contributed by atoms with E-state index < -0.39 is 0 Å². The van der Waals surface area contributed by atoms with Gasteiger partial charge in [0.15, 0.2) is 0 Å². The minimum absolute atomic E-state index is 0.0679. The average Bonchev–Trinajstić information content (AvgIpc) is 2.33. The Morgan fingerprint density at radius 3 is 2.47 bits per heavy atom. The molecule has 1 aromatic carbocycles. The zero-order valence-electron chi connectivity index (χ0n) is 9.34. The van der Waals surface area contributed by atoms with Crippen molar-refractivity contribution in [2.45, 2.75) is 6.92 Å². The number of nitrogens with one attached hydrogen (secondary N) is 1. The van der Waals surface area contributed by atoms with E-state index in [0.717, 1.165) is 5.56 Å². The first-order chi connectivity index (χ1) is 8.15. The number of aromatic nitrogens is 1. The van der Waals surface area contributed by atoms with Gasteiger partial charge in [0.2, 0.25) is 0 Å². The number of anilines is 1. The Morgan fingerprint density at radius 2 is 1.88 bits per heavy atom. The summed E-state index contributed by atoms with van der Waals surface area (Å²) in [6, 6.07) is 10.3. The van der Waals surface area contributed by atoms with Crippen LogP contribution in [-0.2, 0) is 0 Å². The third-order valence-corrected chi connectivity index (χ3v) is 2.30. The lowest BCUT2D eigenvalue weighted by Gasteiger charge is -2.04. The van der Waals surface area contributed by atoms with Gasteiger partial charge in [-0.15, -0.1) is 0 Å². The second-order valence-electron chi connectivity index (χ2n) is 3.72. The van der Waals surface area contributed by atoms with Crippen LogP contribution in [0, 0.1) is 6.92 Å². The SMILES string of the molecule is Cc1ccc(C(=O)Nc2ccc(O)cn2)cc1. The quantitative estimate of drug-likeness (QED) is 0.829. The van der Waals surface area contributed by atoms with E-state index >= 15 is 0 Å². The molecule has 0 aliphatic carbocycles. The van der Waals surface area contributed by atoms with Crippen LogP contribution >= 0.6 is 0 Å². The number of rotatable bonds is 2. The van der Waals surface area contributed by atoms with Gasteiger partial charge in [0.25, 0.3) is 5.91 Å². The predicted molar refractivity (Wildman–Crippen MR) is 65.0 cm³/mol. The van der Waals surface area contributed by atoms with E-state index in [1.54, 1.807) is 18.2 Å². The summed E-state index contributed by atoms with van der Waals surface area (Å²) in [6.45, 7) is 1.96. The molecule has 0 aliphatic rings. The van der Waals surface area contributed by atoms with E-state index in [-0.39, 0.29) is 11.7 Å². The number of carbonyl (C=O) groups excluding carboxylic acids is 1. The highest BCUT2D eigenvalue weighted by Gasteiger charge is 2.05. The summed E-state index contributed by atoms with van der Waals surface area (Å²) in [4.78, 5) is 15.7. The fourth-order valence-corrected chi connectivity index (χ4v) is 1.35. The Hall–Kier alpha value is -2.36. The van der Waals surface area contributed by atoms with Gasteiger partial charge in [0, 0.05) is 5.56 Å². The monoisotopic (exact) mass is 228 g/mol. The second kappa shape index (κ2) is 4.65. The van der Waals surface area contributed by atoms with Gasteiger partial charge in [-0.2, -0.15) is 0 Å². The number of aryl methyl sites for hydroxylation is 1. The zero-order chi connectivity index (χ0) is 12.3. The first-order valence-corrected chi connectivity index (χ1v) is 5.18. The van der Waals surface area contributed by atoms with E-state index in [1.165, 1.54) is 12.3 Å². The Morgan fingerprint density at radius 1 is 1.18 bits per heavy atom. The van der Waals surface area contributed by atoms with Gasteiger partial charge in [-0.1, -0.05) is 17.7 Å². The summed E-state index contributed by atoms with van der Waals surface area (Å²) < 4.78 is 0. The molecule has 0 fully saturated rings. The molecule has 0 saturated carbocycles. The highest BCUT2D eigenvalue weighted by Crippen LogP contribution is 2.11.